The van der Waals surface area contributed by atoms with Gasteiger partial charge in [-0.25, -0.2) is 14.5 Å². The van der Waals surface area contributed by atoms with Crippen LogP contribution in [0.25, 0.3) is 0 Å². The molecule has 0 spiro atoms. The summed E-state index contributed by atoms with van der Waals surface area (Å²) in [6.07, 6.45) is 1.28. The fraction of sp³-hybridized carbons (Fsp3) is 0.111. The predicted molar refractivity (Wildman–Crippen MR) is 78.9 cm³/mol. The van der Waals surface area contributed by atoms with E-state index in [0.717, 1.165) is 0 Å². The van der Waals surface area contributed by atoms with Crippen molar-refractivity contribution < 1.29 is 22.9 Å². The zero-order valence-electron chi connectivity index (χ0n) is 11.7. The highest BCUT2D eigenvalue weighted by atomic mass is 35.5. The van der Waals surface area contributed by atoms with E-state index >= 15 is 0 Å². The van der Waals surface area contributed by atoms with Gasteiger partial charge < -0.3 is 14.9 Å². The monoisotopic (exact) mass is 377 g/mol. The van der Waals surface area contributed by atoms with E-state index in [9.17, 15) is 23.3 Å². The number of carbonyl (C=O) groups is 1. The summed E-state index contributed by atoms with van der Waals surface area (Å²) in [5.41, 5.74) is 0. The van der Waals surface area contributed by atoms with Crippen LogP contribution in [-0.4, -0.2) is 45.4 Å². The minimum atomic E-state index is -4.45. The van der Waals surface area contributed by atoms with Gasteiger partial charge in [0.05, 0.1) is 7.11 Å². The van der Waals surface area contributed by atoms with E-state index in [1.54, 1.807) is 4.72 Å². The molecule has 2 aromatic heterocycles. The molecule has 0 unspecified atom stereocenters. The summed E-state index contributed by atoms with van der Waals surface area (Å²) in [7, 11) is -3.15. The van der Waals surface area contributed by atoms with Crippen molar-refractivity contribution in [1.82, 2.24) is 23.6 Å². The minimum Gasteiger partial charge on any atom is -0.481 e. The fourth-order valence-corrected chi connectivity index (χ4v) is 2.35. The van der Waals surface area contributed by atoms with Crippen molar-refractivity contribution in [2.24, 2.45) is 0 Å². The van der Waals surface area contributed by atoms with E-state index in [1.807, 2.05) is 5.32 Å². The quantitative estimate of drug-likeness (QED) is 0.418. The Labute approximate surface area is 139 Å². The number of methoxy groups -OCH3 is 1. The first-order valence-corrected chi connectivity index (χ1v) is 7.64. The molecule has 2 aromatic rings. The molecular weight excluding hydrogens is 370 g/mol. The molecule has 0 bridgehead atoms. The van der Waals surface area contributed by atoms with Gasteiger partial charge in [-0.05, 0) is 9.91 Å². The van der Waals surface area contributed by atoms with Gasteiger partial charge in [0, 0.05) is 6.07 Å². The second kappa shape index (κ2) is 6.63. The zero-order valence-corrected chi connectivity index (χ0v) is 13.3. The van der Waals surface area contributed by atoms with Gasteiger partial charge in [0.25, 0.3) is 0 Å². The largest absolute Gasteiger partial charge is 0.481 e. The maximum absolute atomic E-state index is 11.9. The molecular formula is C9H8ClN7O6S. The predicted octanol–water partition coefficient (Wildman–Crippen LogP) is 0.158. The van der Waals surface area contributed by atoms with Crippen LogP contribution in [0.5, 0.6) is 5.88 Å². The maximum Gasteiger partial charge on any atom is 0.382 e. The van der Waals surface area contributed by atoms with Crippen LogP contribution in [0.2, 0.25) is 5.15 Å². The Morgan fingerprint density at radius 1 is 1.46 bits per heavy atom. The van der Waals surface area contributed by atoms with Gasteiger partial charge >= 0.3 is 22.1 Å². The van der Waals surface area contributed by atoms with Crippen molar-refractivity contribution in [3.63, 3.8) is 0 Å². The summed E-state index contributed by atoms with van der Waals surface area (Å²) in [5.74, 6) is -0.981. The Morgan fingerprint density at radius 3 is 2.75 bits per heavy atom. The minimum absolute atomic E-state index is 0.0402. The number of urea groups is 1. The number of nitrogens with zero attached hydrogens (tertiary/aromatic N) is 5. The third kappa shape index (κ3) is 4.05. The van der Waals surface area contributed by atoms with Crippen molar-refractivity contribution in [3.05, 3.63) is 33.9 Å². The molecule has 0 saturated heterocycles. The molecule has 128 valence electrons. The second-order valence-corrected chi connectivity index (χ2v) is 5.90. The lowest BCUT2D eigenvalue weighted by Crippen LogP contribution is -2.38. The van der Waals surface area contributed by atoms with Crippen LogP contribution < -0.4 is 14.8 Å². The molecule has 0 aromatic carbocycles. The number of hydrogen-bond acceptors (Lipinski definition) is 9. The number of aromatic nitrogens is 4. The first-order chi connectivity index (χ1) is 11.2. The number of amides is 2. The van der Waals surface area contributed by atoms with Crippen LogP contribution >= 0.6 is 11.6 Å². The van der Waals surface area contributed by atoms with Gasteiger partial charge in [-0.15, -0.1) is 0 Å². The highest BCUT2D eigenvalue weighted by Crippen LogP contribution is 2.15. The molecule has 0 aliphatic carbocycles. The van der Waals surface area contributed by atoms with E-state index in [1.165, 1.54) is 13.2 Å². The number of anilines is 1. The van der Waals surface area contributed by atoms with Gasteiger partial charge in [0.2, 0.25) is 18.2 Å². The Kier molecular flexibility index (Phi) is 4.79. The third-order valence-corrected chi connectivity index (χ3v) is 3.73. The molecule has 13 nitrogen and oxygen atoms in total. The Morgan fingerprint density at radius 2 is 2.17 bits per heavy atom. The highest BCUT2D eigenvalue weighted by molar-refractivity contribution is 7.88. The van der Waals surface area contributed by atoms with E-state index in [-0.39, 0.29) is 17.0 Å². The summed E-state index contributed by atoms with van der Waals surface area (Å²) in [6.45, 7) is 0. The molecule has 0 fully saturated rings. The summed E-state index contributed by atoms with van der Waals surface area (Å²) in [5, 5.41) is 12.5. The number of carbonyl (C=O) groups excluding carboxylic acids is 1. The first-order valence-electron chi connectivity index (χ1n) is 5.82. The number of rotatable bonds is 5. The van der Waals surface area contributed by atoms with Crippen LogP contribution in [-0.2, 0) is 10.2 Å². The van der Waals surface area contributed by atoms with Gasteiger partial charge in [-0.3, -0.25) is 5.32 Å². The molecule has 2 rings (SSSR count). The molecule has 0 aliphatic heterocycles. The number of nitrogens with one attached hydrogen (secondary N) is 2. The molecule has 0 saturated carbocycles. The summed E-state index contributed by atoms with van der Waals surface area (Å²) < 4.78 is 30.6. The number of hydrogen-bond donors (Lipinski definition) is 2. The van der Waals surface area contributed by atoms with Crippen molar-refractivity contribution in [2.45, 2.75) is 0 Å². The average molecular weight is 378 g/mol. The number of imidazole rings is 1. The number of halogens is 1. The van der Waals surface area contributed by atoms with E-state index in [2.05, 4.69) is 15.0 Å². The van der Waals surface area contributed by atoms with Gasteiger partial charge in [-0.1, -0.05) is 11.6 Å². The molecule has 0 atom stereocenters. The summed E-state index contributed by atoms with van der Waals surface area (Å²) in [6, 6.07) is 0.0436. The second-order valence-electron chi connectivity index (χ2n) is 3.94. The van der Waals surface area contributed by atoms with Crippen LogP contribution in [0, 0.1) is 10.1 Å². The van der Waals surface area contributed by atoms with E-state index in [4.69, 9.17) is 16.3 Å². The summed E-state index contributed by atoms with van der Waals surface area (Å²) in [4.78, 5) is 32.0. The lowest BCUT2D eigenvalue weighted by Gasteiger charge is -2.08. The van der Waals surface area contributed by atoms with Crippen molar-refractivity contribution in [2.75, 3.05) is 12.4 Å². The van der Waals surface area contributed by atoms with E-state index in [0.29, 0.717) is 16.5 Å². The van der Waals surface area contributed by atoms with Gasteiger partial charge in [-0.2, -0.15) is 17.4 Å². The SMILES string of the molecule is COc1cc(Cl)nc(NC(=O)NS(=O)(=O)n2cnc([N+](=O)[O-])c2)n1. The standard InChI is InChI=1S/C9H8ClN7O6S/c1-23-7-2-5(10)12-8(13-7)14-9(18)15-24(21,22)16-3-6(11-4-16)17(19)20/h2-4H,1H3,(H2,12,13,14,15,18). The Balaban J connectivity index is 2.13. The van der Waals surface area contributed by atoms with Crippen molar-refractivity contribution in [3.8, 4) is 5.88 Å². The fourth-order valence-electron chi connectivity index (χ4n) is 1.38. The first kappa shape index (κ1) is 17.4. The molecule has 2 heterocycles. The summed E-state index contributed by atoms with van der Waals surface area (Å²) >= 11 is 5.68. The van der Waals surface area contributed by atoms with Crippen LogP contribution in [0.4, 0.5) is 16.6 Å². The molecule has 0 aliphatic rings. The third-order valence-electron chi connectivity index (χ3n) is 2.34. The molecule has 0 radical (unpaired) electrons. The molecule has 2 N–H and O–H groups in total. The Hall–Kier alpha value is -3.00. The molecule has 24 heavy (non-hydrogen) atoms. The van der Waals surface area contributed by atoms with Crippen LogP contribution in [0.3, 0.4) is 0 Å². The highest BCUT2D eigenvalue weighted by Gasteiger charge is 2.22. The normalized spacial score (nSPS) is 10.9. The number of ether oxygens (including phenoxy) is 1. The average Bonchev–Trinajstić information content (AvgIpc) is 2.96. The lowest BCUT2D eigenvalue weighted by atomic mass is 10.6. The maximum atomic E-state index is 11.9. The molecule has 2 amide bonds. The smallest absolute Gasteiger partial charge is 0.382 e. The van der Waals surface area contributed by atoms with Crippen molar-refractivity contribution >= 4 is 39.6 Å². The van der Waals surface area contributed by atoms with E-state index < -0.39 is 27.0 Å². The number of nitro groups is 1. The zero-order chi connectivity index (χ0) is 17.9. The topological polar surface area (TPSA) is 171 Å². The van der Waals surface area contributed by atoms with Crippen LogP contribution in [0.1, 0.15) is 0 Å². The van der Waals surface area contributed by atoms with Crippen molar-refractivity contribution in [1.29, 1.82) is 0 Å². The molecule has 15 heteroatoms. The van der Waals surface area contributed by atoms with Gasteiger partial charge in [0.15, 0.2) is 0 Å². The van der Waals surface area contributed by atoms with Gasteiger partial charge in [0.1, 0.15) is 11.3 Å². The Bertz CT molecular complexity index is 898. The van der Waals surface area contributed by atoms with Crippen LogP contribution in [0.15, 0.2) is 18.6 Å². The lowest BCUT2D eigenvalue weighted by molar-refractivity contribution is -0.389.